The maximum atomic E-state index is 5.40. The maximum absolute atomic E-state index is 5.40. The minimum absolute atomic E-state index is 0.606. The van der Waals surface area contributed by atoms with Crippen LogP contribution in [0.3, 0.4) is 0 Å². The molecule has 3 aromatic rings. The fourth-order valence-corrected chi connectivity index (χ4v) is 2.74. The van der Waals surface area contributed by atoms with Gasteiger partial charge in [-0.15, -0.1) is 0 Å². The zero-order valence-electron chi connectivity index (χ0n) is 14.1. The van der Waals surface area contributed by atoms with Gasteiger partial charge in [0.05, 0.1) is 21.3 Å². The number of rotatable bonds is 6. The summed E-state index contributed by atoms with van der Waals surface area (Å²) in [5, 5.41) is 5.89. The van der Waals surface area contributed by atoms with Gasteiger partial charge in [0.1, 0.15) is 0 Å². The van der Waals surface area contributed by atoms with E-state index in [9.17, 15) is 0 Å². The van der Waals surface area contributed by atoms with E-state index in [-0.39, 0.29) is 0 Å². The van der Waals surface area contributed by atoms with Crippen LogP contribution < -0.4 is 19.5 Å². The molecule has 0 aliphatic heterocycles. The number of benzene rings is 3. The lowest BCUT2D eigenvalue weighted by molar-refractivity contribution is 0.324. The molecule has 1 N–H and O–H groups in total. The third-order valence-electron chi connectivity index (χ3n) is 3.97. The number of nitrogens with one attached hydrogen (secondary N) is 1. The Hall–Kier alpha value is -2.88. The molecule has 0 aromatic heterocycles. The molecule has 0 amide bonds. The topological polar surface area (TPSA) is 39.7 Å². The molecule has 0 radical (unpaired) electrons. The molecule has 0 bridgehead atoms. The van der Waals surface area contributed by atoms with Gasteiger partial charge in [0, 0.05) is 12.2 Å². The van der Waals surface area contributed by atoms with Crippen LogP contribution in [0.1, 0.15) is 5.56 Å². The fourth-order valence-electron chi connectivity index (χ4n) is 2.74. The lowest BCUT2D eigenvalue weighted by atomic mass is 10.1. The van der Waals surface area contributed by atoms with Gasteiger partial charge in [-0.3, -0.25) is 0 Å². The van der Waals surface area contributed by atoms with E-state index in [1.807, 2.05) is 24.3 Å². The first kappa shape index (κ1) is 16.0. The van der Waals surface area contributed by atoms with Crippen LogP contribution in [0.2, 0.25) is 0 Å². The minimum Gasteiger partial charge on any atom is -0.493 e. The van der Waals surface area contributed by atoms with Crippen molar-refractivity contribution in [3.63, 3.8) is 0 Å². The smallest absolute Gasteiger partial charge is 0.203 e. The molecule has 3 aromatic carbocycles. The number of methoxy groups -OCH3 is 3. The van der Waals surface area contributed by atoms with Crippen LogP contribution in [0.15, 0.2) is 54.6 Å². The van der Waals surface area contributed by atoms with Gasteiger partial charge in [0.15, 0.2) is 11.5 Å². The minimum atomic E-state index is 0.606. The molecule has 4 nitrogen and oxygen atoms in total. The van der Waals surface area contributed by atoms with Crippen LogP contribution in [-0.2, 0) is 6.54 Å². The van der Waals surface area contributed by atoms with Crippen molar-refractivity contribution < 1.29 is 14.2 Å². The van der Waals surface area contributed by atoms with E-state index in [4.69, 9.17) is 14.2 Å². The van der Waals surface area contributed by atoms with Gasteiger partial charge in [-0.2, -0.15) is 0 Å². The van der Waals surface area contributed by atoms with Gasteiger partial charge in [-0.1, -0.05) is 30.3 Å². The molecule has 0 atom stereocenters. The van der Waals surface area contributed by atoms with Crippen molar-refractivity contribution in [1.82, 2.24) is 0 Å². The highest BCUT2D eigenvalue weighted by Gasteiger charge is 2.13. The van der Waals surface area contributed by atoms with E-state index in [0.717, 1.165) is 11.3 Å². The quantitative estimate of drug-likeness (QED) is 0.726. The van der Waals surface area contributed by atoms with E-state index >= 15 is 0 Å². The van der Waals surface area contributed by atoms with Crippen molar-refractivity contribution in [1.29, 1.82) is 0 Å². The van der Waals surface area contributed by atoms with E-state index in [1.54, 1.807) is 21.3 Å². The summed E-state index contributed by atoms with van der Waals surface area (Å²) in [6.07, 6.45) is 0. The Labute approximate surface area is 142 Å². The number of hydrogen-bond donors (Lipinski definition) is 1. The van der Waals surface area contributed by atoms with Crippen molar-refractivity contribution in [3.05, 3.63) is 60.2 Å². The highest BCUT2D eigenvalue weighted by molar-refractivity contribution is 5.85. The molecular weight excluding hydrogens is 302 g/mol. The van der Waals surface area contributed by atoms with Crippen LogP contribution in [0.4, 0.5) is 5.69 Å². The molecule has 0 unspecified atom stereocenters. The van der Waals surface area contributed by atoms with Crippen LogP contribution >= 0.6 is 0 Å². The van der Waals surface area contributed by atoms with Crippen LogP contribution in [-0.4, -0.2) is 21.3 Å². The zero-order chi connectivity index (χ0) is 16.9. The van der Waals surface area contributed by atoms with E-state index in [2.05, 4.69) is 35.6 Å². The average molecular weight is 323 g/mol. The van der Waals surface area contributed by atoms with Gasteiger partial charge in [0.2, 0.25) is 5.75 Å². The van der Waals surface area contributed by atoms with Gasteiger partial charge in [-0.25, -0.2) is 0 Å². The molecule has 3 rings (SSSR count). The predicted octanol–water partition coefficient (Wildman–Crippen LogP) is 4.48. The Kier molecular flexibility index (Phi) is 4.75. The van der Waals surface area contributed by atoms with Crippen LogP contribution in [0.5, 0.6) is 17.2 Å². The second kappa shape index (κ2) is 7.13. The van der Waals surface area contributed by atoms with E-state index in [0.29, 0.717) is 23.8 Å². The number of hydrogen-bond acceptors (Lipinski definition) is 4. The summed E-state index contributed by atoms with van der Waals surface area (Å²) in [5.41, 5.74) is 2.13. The van der Waals surface area contributed by atoms with Gasteiger partial charge >= 0.3 is 0 Å². The summed E-state index contributed by atoms with van der Waals surface area (Å²) >= 11 is 0. The van der Waals surface area contributed by atoms with Crippen molar-refractivity contribution in [3.8, 4) is 17.2 Å². The average Bonchev–Trinajstić information content (AvgIpc) is 2.65. The summed E-state index contributed by atoms with van der Waals surface area (Å²) < 4.78 is 16.1. The molecule has 0 saturated heterocycles. The van der Waals surface area contributed by atoms with Crippen molar-refractivity contribution in [2.24, 2.45) is 0 Å². The molecular formula is C20H21NO3. The monoisotopic (exact) mass is 323 g/mol. The lowest BCUT2D eigenvalue weighted by Crippen LogP contribution is -2.02. The summed E-state index contributed by atoms with van der Waals surface area (Å²) in [4.78, 5) is 0. The molecule has 0 spiro atoms. The molecule has 0 fully saturated rings. The van der Waals surface area contributed by atoms with Crippen LogP contribution in [0.25, 0.3) is 10.8 Å². The molecule has 24 heavy (non-hydrogen) atoms. The molecule has 0 aliphatic carbocycles. The summed E-state index contributed by atoms with van der Waals surface area (Å²) in [6, 6.07) is 18.6. The standard InChI is InChI=1S/C20H21NO3/c1-22-18-10-14(11-19(23-2)20(18)24-3)13-21-17-9-8-15-6-4-5-7-16(15)12-17/h4-12,21H,13H2,1-3H3. The Morgan fingerprint density at radius 1 is 0.750 bits per heavy atom. The van der Waals surface area contributed by atoms with Crippen LogP contribution in [0, 0.1) is 0 Å². The van der Waals surface area contributed by atoms with Gasteiger partial charge in [0.25, 0.3) is 0 Å². The first-order valence-corrected chi connectivity index (χ1v) is 7.76. The number of anilines is 1. The van der Waals surface area contributed by atoms with Crippen molar-refractivity contribution in [2.75, 3.05) is 26.6 Å². The van der Waals surface area contributed by atoms with Gasteiger partial charge < -0.3 is 19.5 Å². The van der Waals surface area contributed by atoms with E-state index < -0.39 is 0 Å². The predicted molar refractivity (Wildman–Crippen MR) is 97.4 cm³/mol. The first-order valence-electron chi connectivity index (χ1n) is 7.76. The Morgan fingerprint density at radius 3 is 2.04 bits per heavy atom. The maximum Gasteiger partial charge on any atom is 0.203 e. The number of fused-ring (bicyclic) bond motifs is 1. The molecule has 0 saturated carbocycles. The molecule has 0 heterocycles. The highest BCUT2D eigenvalue weighted by atomic mass is 16.5. The lowest BCUT2D eigenvalue weighted by Gasteiger charge is -2.15. The largest absolute Gasteiger partial charge is 0.493 e. The third-order valence-corrected chi connectivity index (χ3v) is 3.97. The summed E-state index contributed by atoms with van der Waals surface area (Å²) in [7, 11) is 4.85. The second-order valence-electron chi connectivity index (χ2n) is 5.45. The Morgan fingerprint density at radius 2 is 1.42 bits per heavy atom. The number of ether oxygens (including phenoxy) is 3. The van der Waals surface area contributed by atoms with Gasteiger partial charge in [-0.05, 0) is 40.6 Å². The van der Waals surface area contributed by atoms with Crippen molar-refractivity contribution >= 4 is 16.5 Å². The fraction of sp³-hybridized carbons (Fsp3) is 0.200. The Balaban J connectivity index is 1.82. The SMILES string of the molecule is COc1cc(CNc2ccc3ccccc3c2)cc(OC)c1OC. The van der Waals surface area contributed by atoms with E-state index in [1.165, 1.54) is 10.8 Å². The molecule has 0 aliphatic rings. The normalized spacial score (nSPS) is 10.5. The summed E-state index contributed by atoms with van der Waals surface area (Å²) in [5.74, 6) is 1.92. The van der Waals surface area contributed by atoms with Crippen molar-refractivity contribution in [2.45, 2.75) is 6.54 Å². The Bertz CT molecular complexity index is 820. The second-order valence-corrected chi connectivity index (χ2v) is 5.45. The zero-order valence-corrected chi connectivity index (χ0v) is 14.1. The highest BCUT2D eigenvalue weighted by Crippen LogP contribution is 2.38. The first-order chi connectivity index (χ1) is 11.7. The molecule has 4 heteroatoms. The molecule has 124 valence electrons. The third kappa shape index (κ3) is 3.23. The summed E-state index contributed by atoms with van der Waals surface area (Å²) in [6.45, 7) is 0.662.